The van der Waals surface area contributed by atoms with E-state index in [1.807, 2.05) is 30.3 Å². The van der Waals surface area contributed by atoms with E-state index in [-0.39, 0.29) is 18.7 Å². The average Bonchev–Trinajstić information content (AvgIpc) is 3.22. The number of ether oxygens (including phenoxy) is 1. The van der Waals surface area contributed by atoms with Gasteiger partial charge in [0.2, 0.25) is 0 Å². The first-order valence-corrected chi connectivity index (χ1v) is 8.63. The molecule has 1 aliphatic rings. The van der Waals surface area contributed by atoms with Crippen LogP contribution < -0.4 is 5.56 Å². The highest BCUT2D eigenvalue weighted by atomic mass is 16.6. The molecule has 2 aromatic heterocycles. The van der Waals surface area contributed by atoms with Crippen LogP contribution in [0.1, 0.15) is 22.6 Å². The number of amides is 1. The SMILES string of the molecule is O=C(OCc1ccno1)N1CCc2ncn(Cc3ccccc3)c(=O)c2C1. The van der Waals surface area contributed by atoms with Crippen molar-refractivity contribution in [3.05, 3.63) is 81.9 Å². The Morgan fingerprint density at radius 3 is 2.85 bits per heavy atom. The third-order valence-corrected chi connectivity index (χ3v) is 4.47. The summed E-state index contributed by atoms with van der Waals surface area (Å²) in [4.78, 5) is 31.1. The third-order valence-electron chi connectivity index (χ3n) is 4.47. The highest BCUT2D eigenvalue weighted by Crippen LogP contribution is 2.15. The minimum absolute atomic E-state index is 0.00741. The molecule has 27 heavy (non-hydrogen) atoms. The fraction of sp³-hybridized carbons (Fsp3) is 0.263. The average molecular weight is 366 g/mol. The second-order valence-corrected chi connectivity index (χ2v) is 6.29. The third kappa shape index (κ3) is 3.74. The van der Waals surface area contributed by atoms with Gasteiger partial charge in [-0.2, -0.15) is 0 Å². The number of hydrogen-bond acceptors (Lipinski definition) is 6. The molecule has 0 unspecified atom stereocenters. The summed E-state index contributed by atoms with van der Waals surface area (Å²) in [6, 6.07) is 11.3. The lowest BCUT2D eigenvalue weighted by Crippen LogP contribution is -2.41. The predicted octanol–water partition coefficient (Wildman–Crippen LogP) is 1.97. The van der Waals surface area contributed by atoms with Gasteiger partial charge in [0.1, 0.15) is 0 Å². The van der Waals surface area contributed by atoms with Crippen molar-refractivity contribution in [1.29, 1.82) is 0 Å². The number of hydrogen-bond donors (Lipinski definition) is 0. The summed E-state index contributed by atoms with van der Waals surface area (Å²) >= 11 is 0. The Balaban J connectivity index is 1.48. The lowest BCUT2D eigenvalue weighted by molar-refractivity contribution is 0.0833. The van der Waals surface area contributed by atoms with Crippen LogP contribution in [0.3, 0.4) is 0 Å². The van der Waals surface area contributed by atoms with Crippen molar-refractivity contribution in [2.24, 2.45) is 0 Å². The Morgan fingerprint density at radius 1 is 1.22 bits per heavy atom. The maximum Gasteiger partial charge on any atom is 0.410 e. The topological polar surface area (TPSA) is 90.5 Å². The van der Waals surface area contributed by atoms with Crippen molar-refractivity contribution in [3.63, 3.8) is 0 Å². The predicted molar refractivity (Wildman–Crippen MR) is 94.8 cm³/mol. The van der Waals surface area contributed by atoms with E-state index in [9.17, 15) is 9.59 Å². The van der Waals surface area contributed by atoms with Gasteiger partial charge in [-0.1, -0.05) is 35.5 Å². The van der Waals surface area contributed by atoms with Crippen molar-refractivity contribution >= 4 is 6.09 Å². The van der Waals surface area contributed by atoms with Gasteiger partial charge in [0.05, 0.1) is 36.9 Å². The molecule has 0 radical (unpaired) electrons. The molecule has 8 nitrogen and oxygen atoms in total. The molecule has 0 spiro atoms. The monoisotopic (exact) mass is 366 g/mol. The highest BCUT2D eigenvalue weighted by Gasteiger charge is 2.25. The molecule has 0 saturated carbocycles. The van der Waals surface area contributed by atoms with E-state index in [0.29, 0.717) is 30.8 Å². The first kappa shape index (κ1) is 17.0. The maximum atomic E-state index is 12.9. The maximum absolute atomic E-state index is 12.9. The number of carbonyl (C=O) groups is 1. The molecule has 138 valence electrons. The Hall–Kier alpha value is -3.42. The van der Waals surface area contributed by atoms with Gasteiger partial charge in [0, 0.05) is 19.0 Å². The van der Waals surface area contributed by atoms with Gasteiger partial charge >= 0.3 is 6.09 Å². The van der Waals surface area contributed by atoms with E-state index < -0.39 is 6.09 Å². The van der Waals surface area contributed by atoms with E-state index in [1.165, 1.54) is 11.1 Å². The van der Waals surface area contributed by atoms with Gasteiger partial charge in [-0.15, -0.1) is 0 Å². The van der Waals surface area contributed by atoms with Crippen LogP contribution in [0.5, 0.6) is 0 Å². The second-order valence-electron chi connectivity index (χ2n) is 6.29. The fourth-order valence-corrected chi connectivity index (χ4v) is 3.04. The lowest BCUT2D eigenvalue weighted by atomic mass is 10.1. The van der Waals surface area contributed by atoms with Gasteiger partial charge in [0.25, 0.3) is 5.56 Å². The van der Waals surface area contributed by atoms with Crippen LogP contribution >= 0.6 is 0 Å². The lowest BCUT2D eigenvalue weighted by Gasteiger charge is -2.27. The molecule has 0 saturated heterocycles. The molecule has 1 aliphatic heterocycles. The summed E-state index contributed by atoms with van der Waals surface area (Å²) in [6.45, 7) is 1.09. The highest BCUT2D eigenvalue weighted by molar-refractivity contribution is 5.68. The summed E-state index contributed by atoms with van der Waals surface area (Å²) in [5, 5.41) is 3.57. The van der Waals surface area contributed by atoms with Crippen LogP contribution in [0, 0.1) is 0 Å². The number of rotatable bonds is 4. The van der Waals surface area contributed by atoms with Crippen LogP contribution in [0.15, 0.2) is 58.2 Å². The summed E-state index contributed by atoms with van der Waals surface area (Å²) in [5.74, 6) is 0.465. The van der Waals surface area contributed by atoms with Crippen molar-refractivity contribution < 1.29 is 14.1 Å². The first-order valence-electron chi connectivity index (χ1n) is 8.63. The minimum Gasteiger partial charge on any atom is -0.441 e. The van der Waals surface area contributed by atoms with E-state index in [2.05, 4.69) is 10.1 Å². The van der Waals surface area contributed by atoms with Crippen LogP contribution in [-0.2, 0) is 30.9 Å². The van der Waals surface area contributed by atoms with Gasteiger partial charge in [-0.25, -0.2) is 9.78 Å². The molecular formula is C19H18N4O4. The number of carbonyl (C=O) groups excluding carboxylic acids is 1. The normalized spacial score (nSPS) is 13.3. The molecule has 3 aromatic rings. The van der Waals surface area contributed by atoms with E-state index in [1.54, 1.807) is 17.0 Å². The molecule has 0 atom stereocenters. The molecular weight excluding hydrogens is 348 g/mol. The van der Waals surface area contributed by atoms with Crippen LogP contribution in [-0.4, -0.2) is 32.2 Å². The zero-order valence-corrected chi connectivity index (χ0v) is 14.6. The van der Waals surface area contributed by atoms with Crippen molar-refractivity contribution in [3.8, 4) is 0 Å². The van der Waals surface area contributed by atoms with Gasteiger partial charge in [-0.3, -0.25) is 9.36 Å². The zero-order valence-electron chi connectivity index (χ0n) is 14.6. The van der Waals surface area contributed by atoms with Gasteiger partial charge in [-0.05, 0) is 5.56 Å². The Labute approximate surface area is 155 Å². The molecule has 1 aromatic carbocycles. The van der Waals surface area contributed by atoms with Crippen LogP contribution in [0.2, 0.25) is 0 Å². The smallest absolute Gasteiger partial charge is 0.410 e. The first-order chi connectivity index (χ1) is 13.2. The van der Waals surface area contributed by atoms with Crippen molar-refractivity contribution in [1.82, 2.24) is 19.6 Å². The number of benzene rings is 1. The number of aromatic nitrogens is 3. The molecule has 0 aliphatic carbocycles. The molecule has 0 fully saturated rings. The van der Waals surface area contributed by atoms with Gasteiger partial charge < -0.3 is 14.2 Å². The van der Waals surface area contributed by atoms with Crippen LogP contribution in [0.25, 0.3) is 0 Å². The fourth-order valence-electron chi connectivity index (χ4n) is 3.04. The van der Waals surface area contributed by atoms with E-state index >= 15 is 0 Å². The molecule has 0 N–H and O–H groups in total. The van der Waals surface area contributed by atoms with E-state index in [4.69, 9.17) is 9.26 Å². The molecule has 3 heterocycles. The Bertz CT molecular complexity index is 983. The van der Waals surface area contributed by atoms with Crippen LogP contribution in [0.4, 0.5) is 4.79 Å². The zero-order chi connectivity index (χ0) is 18.6. The molecule has 4 rings (SSSR count). The van der Waals surface area contributed by atoms with Crippen molar-refractivity contribution in [2.75, 3.05) is 6.54 Å². The summed E-state index contributed by atoms with van der Waals surface area (Å²) in [6.07, 6.45) is 3.09. The molecule has 8 heteroatoms. The second kappa shape index (κ2) is 7.45. The quantitative estimate of drug-likeness (QED) is 0.701. The number of nitrogens with zero attached hydrogens (tertiary/aromatic N) is 4. The minimum atomic E-state index is -0.491. The van der Waals surface area contributed by atoms with E-state index in [0.717, 1.165) is 11.3 Å². The summed E-state index contributed by atoms with van der Waals surface area (Å²) in [5.41, 5.74) is 2.16. The Kier molecular flexibility index (Phi) is 4.69. The summed E-state index contributed by atoms with van der Waals surface area (Å²) in [7, 11) is 0. The standard InChI is InChI=1S/C19H18N4O4/c24-18-16-11-22(19(25)26-12-15-6-8-21-27-15)9-7-17(16)20-13-23(18)10-14-4-2-1-3-5-14/h1-6,8,13H,7,9-12H2. The Morgan fingerprint density at radius 2 is 2.07 bits per heavy atom. The number of fused-ring (bicyclic) bond motifs is 1. The van der Waals surface area contributed by atoms with Gasteiger partial charge in [0.15, 0.2) is 12.4 Å². The molecule has 1 amide bonds. The van der Waals surface area contributed by atoms with Crippen molar-refractivity contribution in [2.45, 2.75) is 26.1 Å². The summed E-state index contributed by atoms with van der Waals surface area (Å²) < 4.78 is 11.7. The largest absolute Gasteiger partial charge is 0.441 e. The molecule has 0 bridgehead atoms.